The van der Waals surface area contributed by atoms with Gasteiger partial charge in [0.15, 0.2) is 0 Å². The molecule has 0 bridgehead atoms. The molecule has 0 aromatic heterocycles. The smallest absolute Gasteiger partial charge is 0.407 e. The molecule has 0 saturated carbocycles. The summed E-state index contributed by atoms with van der Waals surface area (Å²) in [4.78, 5) is 11.5. The summed E-state index contributed by atoms with van der Waals surface area (Å²) < 4.78 is 10.6. The molecule has 100 valence electrons. The molecule has 17 heavy (non-hydrogen) atoms. The van der Waals surface area contributed by atoms with Crippen molar-refractivity contribution in [2.75, 3.05) is 13.2 Å². The Kier molecular flexibility index (Phi) is 5.25. The number of alkyl carbamates (subject to hydrolysis) is 1. The van der Waals surface area contributed by atoms with Gasteiger partial charge in [-0.1, -0.05) is 0 Å². The van der Waals surface area contributed by atoms with E-state index in [4.69, 9.17) is 9.47 Å². The molecule has 0 spiro atoms. The molecule has 1 heterocycles. The van der Waals surface area contributed by atoms with Crippen molar-refractivity contribution in [3.63, 3.8) is 0 Å². The highest BCUT2D eigenvalue weighted by atomic mass is 16.6. The molecule has 0 unspecified atom stereocenters. The van der Waals surface area contributed by atoms with Crippen molar-refractivity contribution in [3.8, 4) is 0 Å². The van der Waals surface area contributed by atoms with E-state index in [1.807, 2.05) is 27.7 Å². The summed E-state index contributed by atoms with van der Waals surface area (Å²) in [6.07, 6.45) is 2.95. The van der Waals surface area contributed by atoms with Gasteiger partial charge in [-0.15, -0.1) is 0 Å². The van der Waals surface area contributed by atoms with Crippen LogP contribution in [0.2, 0.25) is 0 Å². The third-order valence-electron chi connectivity index (χ3n) is 2.70. The van der Waals surface area contributed by atoms with E-state index in [-0.39, 0.29) is 12.1 Å². The normalized spacial score (nSPS) is 22.9. The van der Waals surface area contributed by atoms with Crippen molar-refractivity contribution < 1.29 is 14.3 Å². The highest BCUT2D eigenvalue weighted by molar-refractivity contribution is 5.67. The minimum absolute atomic E-state index is 0.136. The van der Waals surface area contributed by atoms with E-state index in [0.29, 0.717) is 5.92 Å². The Morgan fingerprint density at radius 3 is 2.76 bits per heavy atom. The molecule has 1 aliphatic rings. The van der Waals surface area contributed by atoms with Crippen LogP contribution in [0.25, 0.3) is 0 Å². The molecule has 0 radical (unpaired) electrons. The molecule has 0 aromatic carbocycles. The SMILES string of the molecule is C[C@@H](C[C@H]1CCCOC1)NC(=O)OC(C)(C)C. The van der Waals surface area contributed by atoms with Crippen LogP contribution >= 0.6 is 0 Å². The predicted molar refractivity (Wildman–Crippen MR) is 67.0 cm³/mol. The van der Waals surface area contributed by atoms with E-state index in [1.54, 1.807) is 0 Å². The van der Waals surface area contributed by atoms with Crippen molar-refractivity contribution in [3.05, 3.63) is 0 Å². The van der Waals surface area contributed by atoms with Crippen molar-refractivity contribution in [2.45, 2.75) is 58.6 Å². The Balaban J connectivity index is 2.23. The van der Waals surface area contributed by atoms with Crippen LogP contribution in [0.1, 0.15) is 47.0 Å². The summed E-state index contributed by atoms with van der Waals surface area (Å²) in [5, 5.41) is 2.87. The lowest BCUT2D eigenvalue weighted by molar-refractivity contribution is 0.0399. The molecule has 4 heteroatoms. The molecule has 4 nitrogen and oxygen atoms in total. The Labute approximate surface area is 104 Å². The molecule has 1 aliphatic heterocycles. The summed E-state index contributed by atoms with van der Waals surface area (Å²) in [7, 11) is 0. The average Bonchev–Trinajstić information content (AvgIpc) is 2.15. The molecular weight excluding hydrogens is 218 g/mol. The zero-order chi connectivity index (χ0) is 12.9. The highest BCUT2D eigenvalue weighted by Gasteiger charge is 2.21. The number of carbonyl (C=O) groups excluding carboxylic acids is 1. The lowest BCUT2D eigenvalue weighted by Gasteiger charge is -2.26. The first-order valence-electron chi connectivity index (χ1n) is 6.44. The number of carbonyl (C=O) groups is 1. The zero-order valence-corrected chi connectivity index (χ0v) is 11.4. The van der Waals surface area contributed by atoms with Gasteiger partial charge in [0.25, 0.3) is 0 Å². The number of ether oxygens (including phenoxy) is 2. The first kappa shape index (κ1) is 14.3. The predicted octanol–water partition coefficient (Wildman–Crippen LogP) is 2.72. The minimum atomic E-state index is -0.433. The van der Waals surface area contributed by atoms with Gasteiger partial charge in [0, 0.05) is 19.3 Å². The third kappa shape index (κ3) is 6.51. The summed E-state index contributed by atoms with van der Waals surface area (Å²) >= 11 is 0. The molecular formula is C13H25NO3. The Bertz CT molecular complexity index is 242. The summed E-state index contributed by atoms with van der Waals surface area (Å²) in [5.74, 6) is 0.564. The van der Waals surface area contributed by atoms with Crippen LogP contribution in [-0.4, -0.2) is 30.9 Å². The second-order valence-corrected chi connectivity index (χ2v) is 5.87. The van der Waals surface area contributed by atoms with E-state index in [1.165, 1.54) is 6.42 Å². The summed E-state index contributed by atoms with van der Waals surface area (Å²) in [5.41, 5.74) is -0.433. The summed E-state index contributed by atoms with van der Waals surface area (Å²) in [6, 6.07) is 0.136. The van der Waals surface area contributed by atoms with Gasteiger partial charge in [0.1, 0.15) is 5.60 Å². The van der Waals surface area contributed by atoms with Gasteiger partial charge in [-0.3, -0.25) is 0 Å². The largest absolute Gasteiger partial charge is 0.444 e. The third-order valence-corrected chi connectivity index (χ3v) is 2.70. The van der Waals surface area contributed by atoms with Gasteiger partial charge in [-0.2, -0.15) is 0 Å². The maximum absolute atomic E-state index is 11.5. The zero-order valence-electron chi connectivity index (χ0n) is 11.4. The minimum Gasteiger partial charge on any atom is -0.444 e. The van der Waals surface area contributed by atoms with Crippen molar-refractivity contribution in [2.24, 2.45) is 5.92 Å². The van der Waals surface area contributed by atoms with Crippen LogP contribution in [0.15, 0.2) is 0 Å². The number of rotatable bonds is 3. The van der Waals surface area contributed by atoms with Crippen molar-refractivity contribution in [1.82, 2.24) is 5.32 Å². The molecule has 1 rings (SSSR count). The average molecular weight is 243 g/mol. The Hall–Kier alpha value is -0.770. The van der Waals surface area contributed by atoms with Crippen LogP contribution in [0, 0.1) is 5.92 Å². The van der Waals surface area contributed by atoms with Gasteiger partial charge >= 0.3 is 6.09 Å². The Morgan fingerprint density at radius 1 is 1.53 bits per heavy atom. The molecule has 0 aliphatic carbocycles. The van der Waals surface area contributed by atoms with E-state index in [0.717, 1.165) is 26.1 Å². The first-order chi connectivity index (χ1) is 7.87. The fourth-order valence-corrected chi connectivity index (χ4v) is 2.06. The topological polar surface area (TPSA) is 47.6 Å². The lowest BCUT2D eigenvalue weighted by atomic mass is 9.95. The van der Waals surface area contributed by atoms with Crippen molar-refractivity contribution >= 4 is 6.09 Å². The van der Waals surface area contributed by atoms with Gasteiger partial charge in [0.05, 0.1) is 0 Å². The fraction of sp³-hybridized carbons (Fsp3) is 0.923. The number of amides is 1. The molecule has 1 amide bonds. The monoisotopic (exact) mass is 243 g/mol. The second kappa shape index (κ2) is 6.24. The fourth-order valence-electron chi connectivity index (χ4n) is 2.06. The number of hydrogen-bond donors (Lipinski definition) is 1. The van der Waals surface area contributed by atoms with E-state index >= 15 is 0 Å². The van der Waals surface area contributed by atoms with E-state index < -0.39 is 5.60 Å². The summed E-state index contributed by atoms with van der Waals surface area (Å²) in [6.45, 7) is 9.31. The molecule has 1 N–H and O–H groups in total. The molecule has 1 saturated heterocycles. The second-order valence-electron chi connectivity index (χ2n) is 5.87. The number of hydrogen-bond acceptors (Lipinski definition) is 3. The van der Waals surface area contributed by atoms with Gasteiger partial charge in [-0.05, 0) is 52.9 Å². The van der Waals surface area contributed by atoms with E-state index in [9.17, 15) is 4.79 Å². The van der Waals surface area contributed by atoms with Crippen LogP contribution in [0.5, 0.6) is 0 Å². The molecule has 1 fully saturated rings. The van der Waals surface area contributed by atoms with Crippen LogP contribution < -0.4 is 5.32 Å². The lowest BCUT2D eigenvalue weighted by Crippen LogP contribution is -2.39. The maximum Gasteiger partial charge on any atom is 0.407 e. The van der Waals surface area contributed by atoms with Gasteiger partial charge in [0.2, 0.25) is 0 Å². The van der Waals surface area contributed by atoms with Crippen LogP contribution in [-0.2, 0) is 9.47 Å². The number of nitrogens with one attached hydrogen (secondary N) is 1. The maximum atomic E-state index is 11.5. The first-order valence-corrected chi connectivity index (χ1v) is 6.44. The molecule has 2 atom stereocenters. The Morgan fingerprint density at radius 2 is 2.24 bits per heavy atom. The van der Waals surface area contributed by atoms with Gasteiger partial charge in [-0.25, -0.2) is 4.79 Å². The quantitative estimate of drug-likeness (QED) is 0.829. The van der Waals surface area contributed by atoms with Crippen molar-refractivity contribution in [1.29, 1.82) is 0 Å². The molecule has 0 aromatic rings. The van der Waals surface area contributed by atoms with E-state index in [2.05, 4.69) is 5.32 Å². The highest BCUT2D eigenvalue weighted by Crippen LogP contribution is 2.18. The standard InChI is InChI=1S/C13H25NO3/c1-10(8-11-6-5-7-16-9-11)14-12(15)17-13(2,3)4/h10-11H,5-9H2,1-4H3,(H,14,15)/t10-,11+/m0/s1. The van der Waals surface area contributed by atoms with Gasteiger partial charge < -0.3 is 14.8 Å². The van der Waals surface area contributed by atoms with Crippen LogP contribution in [0.3, 0.4) is 0 Å². The van der Waals surface area contributed by atoms with Crippen LogP contribution in [0.4, 0.5) is 4.79 Å².